The number of ether oxygens (including phenoxy) is 2. The second-order valence-electron chi connectivity index (χ2n) is 8.13. The van der Waals surface area contributed by atoms with Crippen molar-refractivity contribution in [1.82, 2.24) is 9.80 Å². The number of benzene rings is 2. The third-order valence-electron chi connectivity index (χ3n) is 5.59. The van der Waals surface area contributed by atoms with E-state index in [2.05, 4.69) is 0 Å². The van der Waals surface area contributed by atoms with Crippen LogP contribution in [0.15, 0.2) is 48.0 Å². The molecule has 1 saturated heterocycles. The number of carbonyl (C=O) groups is 2. The Morgan fingerprint density at radius 3 is 2.28 bits per heavy atom. The maximum absolute atomic E-state index is 13.1. The van der Waals surface area contributed by atoms with Gasteiger partial charge in [0.15, 0.2) is 11.5 Å². The molecule has 1 aliphatic rings. The summed E-state index contributed by atoms with van der Waals surface area (Å²) in [4.78, 5) is 29.6. The number of rotatable bonds is 8. The van der Waals surface area contributed by atoms with Gasteiger partial charge in [-0.15, -0.1) is 0 Å². The highest BCUT2D eigenvalue weighted by atomic mass is 16.5. The van der Waals surface area contributed by atoms with Crippen LogP contribution in [-0.2, 0) is 9.59 Å². The van der Waals surface area contributed by atoms with E-state index in [9.17, 15) is 14.7 Å². The largest absolute Gasteiger partial charge is 0.507 e. The summed E-state index contributed by atoms with van der Waals surface area (Å²) in [6.45, 7) is 3.16. The Kier molecular flexibility index (Phi) is 7.20. The minimum atomic E-state index is -0.687. The highest BCUT2D eigenvalue weighted by molar-refractivity contribution is 6.46. The SMILES string of the molecule is COc1ccc(C(O)=C2C(=O)C(=O)N(CCCN(C)C)[C@@H]2c2ccc(C)cc2)cc1OC. The molecule has 1 atom stereocenters. The van der Waals surface area contributed by atoms with E-state index in [1.54, 1.807) is 23.1 Å². The highest BCUT2D eigenvalue weighted by Crippen LogP contribution is 2.40. The molecule has 0 aromatic heterocycles. The van der Waals surface area contributed by atoms with Crippen LogP contribution in [0, 0.1) is 6.92 Å². The number of methoxy groups -OCH3 is 2. The van der Waals surface area contributed by atoms with Crippen LogP contribution in [0.1, 0.15) is 29.2 Å². The van der Waals surface area contributed by atoms with Crippen molar-refractivity contribution in [3.63, 3.8) is 0 Å². The Morgan fingerprint density at radius 1 is 1.03 bits per heavy atom. The molecule has 0 bridgehead atoms. The summed E-state index contributed by atoms with van der Waals surface area (Å²) in [5.74, 6) is -0.596. The second kappa shape index (κ2) is 9.87. The third kappa shape index (κ3) is 4.62. The number of nitrogens with zero attached hydrogens (tertiary/aromatic N) is 2. The van der Waals surface area contributed by atoms with Gasteiger partial charge in [-0.3, -0.25) is 9.59 Å². The standard InChI is InChI=1S/C25H30N2O5/c1-16-7-9-17(10-8-16)22-21(24(29)25(30)27(22)14-6-13-26(2)3)23(28)18-11-12-19(31-4)20(15-18)32-5/h7-12,15,22,28H,6,13-14H2,1-5H3/t22-/m1/s1. The summed E-state index contributed by atoms with van der Waals surface area (Å²) in [6.07, 6.45) is 0.707. The molecule has 2 aromatic carbocycles. The zero-order chi connectivity index (χ0) is 23.4. The second-order valence-corrected chi connectivity index (χ2v) is 8.13. The van der Waals surface area contributed by atoms with Gasteiger partial charge < -0.3 is 24.4 Å². The summed E-state index contributed by atoms with van der Waals surface area (Å²) in [5, 5.41) is 11.2. The molecule has 1 amide bonds. The van der Waals surface area contributed by atoms with Crippen LogP contribution in [-0.4, -0.2) is 68.0 Å². The predicted octanol–water partition coefficient (Wildman–Crippen LogP) is 3.39. The van der Waals surface area contributed by atoms with Gasteiger partial charge in [0.2, 0.25) is 0 Å². The Bertz CT molecular complexity index is 1030. The highest BCUT2D eigenvalue weighted by Gasteiger charge is 2.45. The van der Waals surface area contributed by atoms with Crippen LogP contribution in [0.3, 0.4) is 0 Å². The molecule has 0 radical (unpaired) electrons. The van der Waals surface area contributed by atoms with E-state index in [0.717, 1.165) is 17.7 Å². The molecular weight excluding hydrogens is 408 g/mol. The van der Waals surface area contributed by atoms with Crippen LogP contribution < -0.4 is 9.47 Å². The van der Waals surface area contributed by atoms with Gasteiger partial charge in [-0.1, -0.05) is 29.8 Å². The number of aryl methyl sites for hydroxylation is 1. The van der Waals surface area contributed by atoms with E-state index < -0.39 is 17.7 Å². The topological polar surface area (TPSA) is 79.3 Å². The first-order valence-electron chi connectivity index (χ1n) is 10.5. The number of amides is 1. The Balaban J connectivity index is 2.11. The minimum Gasteiger partial charge on any atom is -0.507 e. The molecule has 1 heterocycles. The minimum absolute atomic E-state index is 0.0796. The van der Waals surface area contributed by atoms with Gasteiger partial charge in [0.25, 0.3) is 11.7 Å². The first kappa shape index (κ1) is 23.3. The molecule has 7 nitrogen and oxygen atoms in total. The predicted molar refractivity (Wildman–Crippen MR) is 123 cm³/mol. The zero-order valence-electron chi connectivity index (χ0n) is 19.2. The Hall–Kier alpha value is -3.32. The van der Waals surface area contributed by atoms with Crippen LogP contribution in [0.4, 0.5) is 0 Å². The number of carbonyl (C=O) groups excluding carboxylic acids is 2. The van der Waals surface area contributed by atoms with Gasteiger partial charge in [-0.25, -0.2) is 0 Å². The molecule has 32 heavy (non-hydrogen) atoms. The molecule has 0 saturated carbocycles. The molecule has 1 fully saturated rings. The average molecular weight is 439 g/mol. The molecule has 7 heteroatoms. The average Bonchev–Trinajstić information content (AvgIpc) is 3.03. The lowest BCUT2D eigenvalue weighted by atomic mass is 9.94. The molecule has 1 N–H and O–H groups in total. The maximum atomic E-state index is 13.1. The van der Waals surface area contributed by atoms with Crippen LogP contribution in [0.25, 0.3) is 5.76 Å². The molecular formula is C25H30N2O5. The fourth-order valence-electron chi connectivity index (χ4n) is 3.90. The van der Waals surface area contributed by atoms with Crippen LogP contribution >= 0.6 is 0 Å². The number of hydrogen-bond acceptors (Lipinski definition) is 6. The number of likely N-dealkylation sites (tertiary alicyclic amines) is 1. The third-order valence-corrected chi connectivity index (χ3v) is 5.59. The molecule has 0 spiro atoms. The molecule has 0 unspecified atom stereocenters. The van der Waals surface area contributed by atoms with Crippen molar-refractivity contribution < 1.29 is 24.2 Å². The van der Waals surface area contributed by atoms with Crippen molar-refractivity contribution in [2.75, 3.05) is 41.4 Å². The van der Waals surface area contributed by atoms with Crippen molar-refractivity contribution in [1.29, 1.82) is 0 Å². The van der Waals surface area contributed by atoms with Gasteiger partial charge in [0.1, 0.15) is 5.76 Å². The van der Waals surface area contributed by atoms with E-state index in [1.165, 1.54) is 14.2 Å². The molecule has 3 rings (SSSR count). The van der Waals surface area contributed by atoms with E-state index in [-0.39, 0.29) is 11.3 Å². The lowest BCUT2D eigenvalue weighted by molar-refractivity contribution is -0.139. The Morgan fingerprint density at radius 2 is 1.69 bits per heavy atom. The smallest absolute Gasteiger partial charge is 0.295 e. The van der Waals surface area contributed by atoms with Crippen LogP contribution in [0.5, 0.6) is 11.5 Å². The molecule has 0 aliphatic carbocycles. The van der Waals surface area contributed by atoms with Gasteiger partial charge >= 0.3 is 0 Å². The van der Waals surface area contributed by atoms with Crippen molar-refractivity contribution in [3.8, 4) is 11.5 Å². The maximum Gasteiger partial charge on any atom is 0.295 e. The van der Waals surface area contributed by atoms with E-state index in [0.29, 0.717) is 30.0 Å². The van der Waals surface area contributed by atoms with E-state index in [1.807, 2.05) is 50.2 Å². The fraction of sp³-hybridized carbons (Fsp3) is 0.360. The van der Waals surface area contributed by atoms with Gasteiger partial charge in [0, 0.05) is 12.1 Å². The molecule has 1 aliphatic heterocycles. The number of hydrogen-bond donors (Lipinski definition) is 1. The summed E-state index contributed by atoms with van der Waals surface area (Å²) in [7, 11) is 6.94. The summed E-state index contributed by atoms with van der Waals surface area (Å²) in [5.41, 5.74) is 2.31. The normalized spacial score (nSPS) is 17.8. The quantitative estimate of drug-likeness (QED) is 0.387. The van der Waals surface area contributed by atoms with Crippen molar-refractivity contribution in [2.24, 2.45) is 0 Å². The zero-order valence-corrected chi connectivity index (χ0v) is 19.2. The first-order chi connectivity index (χ1) is 15.3. The van der Waals surface area contributed by atoms with Gasteiger partial charge in [-0.05, 0) is 57.7 Å². The number of aliphatic hydroxyl groups excluding tert-OH is 1. The molecule has 170 valence electrons. The van der Waals surface area contributed by atoms with Gasteiger partial charge in [-0.2, -0.15) is 0 Å². The van der Waals surface area contributed by atoms with Crippen LogP contribution in [0.2, 0.25) is 0 Å². The number of aliphatic hydroxyl groups is 1. The van der Waals surface area contributed by atoms with Gasteiger partial charge in [0.05, 0.1) is 25.8 Å². The number of ketones is 1. The first-order valence-corrected chi connectivity index (χ1v) is 10.5. The van der Waals surface area contributed by atoms with Crippen molar-refractivity contribution in [3.05, 3.63) is 64.7 Å². The monoisotopic (exact) mass is 438 g/mol. The van der Waals surface area contributed by atoms with Crippen molar-refractivity contribution >= 4 is 17.4 Å². The fourth-order valence-corrected chi connectivity index (χ4v) is 3.90. The lowest BCUT2D eigenvalue weighted by Gasteiger charge is -2.26. The lowest BCUT2D eigenvalue weighted by Crippen LogP contribution is -2.32. The number of Topliss-reactive ketones (excluding diaryl/α,β-unsaturated/α-hetero) is 1. The Labute approximate surface area is 188 Å². The van der Waals surface area contributed by atoms with E-state index >= 15 is 0 Å². The molecule has 2 aromatic rings. The van der Waals surface area contributed by atoms with E-state index in [4.69, 9.17) is 9.47 Å². The summed E-state index contributed by atoms with van der Waals surface area (Å²) < 4.78 is 10.6. The summed E-state index contributed by atoms with van der Waals surface area (Å²) in [6, 6.07) is 11.9. The summed E-state index contributed by atoms with van der Waals surface area (Å²) >= 11 is 0. The van der Waals surface area contributed by atoms with Crippen molar-refractivity contribution in [2.45, 2.75) is 19.4 Å².